The van der Waals surface area contributed by atoms with Crippen LogP contribution in [-0.4, -0.2) is 41.7 Å². The third kappa shape index (κ3) is 3.57. The predicted molar refractivity (Wildman–Crippen MR) is 89.1 cm³/mol. The Bertz CT molecular complexity index is 688. The fourth-order valence-electron chi connectivity index (χ4n) is 2.82. The molecule has 1 aromatic heterocycles. The highest BCUT2D eigenvalue weighted by atomic mass is 16.3. The molecule has 0 saturated carbocycles. The molecule has 3 rings (SSSR count). The van der Waals surface area contributed by atoms with E-state index in [4.69, 9.17) is 0 Å². The molecule has 1 aromatic carbocycles. The van der Waals surface area contributed by atoms with Gasteiger partial charge in [-0.2, -0.15) is 0 Å². The minimum atomic E-state index is -0.394. The molecule has 0 spiro atoms. The molecule has 2 atom stereocenters. The normalized spacial score (nSPS) is 20.4. The summed E-state index contributed by atoms with van der Waals surface area (Å²) in [4.78, 5) is 16.9. The molecular formula is C18H21N3O2. The second-order valence-electron chi connectivity index (χ2n) is 5.89. The van der Waals surface area contributed by atoms with Crippen LogP contribution in [0.25, 0.3) is 11.3 Å². The lowest BCUT2D eigenvalue weighted by Gasteiger charge is -2.15. The summed E-state index contributed by atoms with van der Waals surface area (Å²) in [6.45, 7) is 3.62. The fourth-order valence-corrected chi connectivity index (χ4v) is 2.82. The van der Waals surface area contributed by atoms with Crippen LogP contribution in [0.3, 0.4) is 0 Å². The first-order valence-electron chi connectivity index (χ1n) is 7.85. The largest absolute Gasteiger partial charge is 0.391 e. The Hall–Kier alpha value is -2.24. The third-order valence-corrected chi connectivity index (χ3v) is 4.23. The third-order valence-electron chi connectivity index (χ3n) is 4.23. The van der Waals surface area contributed by atoms with Gasteiger partial charge in [-0.05, 0) is 19.1 Å². The second-order valence-corrected chi connectivity index (χ2v) is 5.89. The number of carbonyl (C=O) groups is 1. The topological polar surface area (TPSA) is 74.2 Å². The molecule has 1 aliphatic rings. The van der Waals surface area contributed by atoms with Gasteiger partial charge in [0.15, 0.2) is 0 Å². The number of nitrogens with one attached hydrogen (secondary N) is 2. The number of hydrogen-bond acceptors (Lipinski definition) is 4. The molecule has 1 saturated heterocycles. The Balaban J connectivity index is 1.69. The van der Waals surface area contributed by atoms with Crippen LogP contribution in [0.15, 0.2) is 42.5 Å². The maximum Gasteiger partial charge on any atom is 0.253 e. The molecule has 2 unspecified atom stereocenters. The lowest BCUT2D eigenvalue weighted by molar-refractivity contribution is 0.0926. The number of rotatable bonds is 4. The number of hydrogen-bond donors (Lipinski definition) is 3. The number of aromatic nitrogens is 1. The van der Waals surface area contributed by atoms with Crippen molar-refractivity contribution >= 4 is 5.91 Å². The molecule has 1 amide bonds. The maximum atomic E-state index is 12.3. The predicted octanol–water partition coefficient (Wildman–Crippen LogP) is 1.37. The Morgan fingerprint density at radius 1 is 1.26 bits per heavy atom. The number of pyridine rings is 1. The van der Waals surface area contributed by atoms with E-state index in [0.717, 1.165) is 17.8 Å². The molecule has 23 heavy (non-hydrogen) atoms. The van der Waals surface area contributed by atoms with E-state index in [0.29, 0.717) is 24.3 Å². The van der Waals surface area contributed by atoms with Crippen molar-refractivity contribution in [2.24, 2.45) is 5.92 Å². The number of β-amino-alcohol motifs (C(OH)–C–C–N with tert-alkyl or cyclic N) is 1. The van der Waals surface area contributed by atoms with Crippen molar-refractivity contribution < 1.29 is 9.90 Å². The van der Waals surface area contributed by atoms with Gasteiger partial charge in [0.25, 0.3) is 5.91 Å². The van der Waals surface area contributed by atoms with Gasteiger partial charge in [0.1, 0.15) is 0 Å². The van der Waals surface area contributed by atoms with Crippen molar-refractivity contribution in [2.45, 2.75) is 13.0 Å². The van der Waals surface area contributed by atoms with Crippen molar-refractivity contribution in [3.05, 3.63) is 53.7 Å². The molecule has 120 valence electrons. The van der Waals surface area contributed by atoms with Gasteiger partial charge in [0, 0.05) is 31.1 Å². The Morgan fingerprint density at radius 2 is 2.04 bits per heavy atom. The molecule has 0 bridgehead atoms. The van der Waals surface area contributed by atoms with Gasteiger partial charge in [-0.1, -0.05) is 30.3 Å². The van der Waals surface area contributed by atoms with Crippen LogP contribution < -0.4 is 10.6 Å². The van der Waals surface area contributed by atoms with E-state index >= 15 is 0 Å². The van der Waals surface area contributed by atoms with E-state index in [-0.39, 0.29) is 11.8 Å². The summed E-state index contributed by atoms with van der Waals surface area (Å²) in [5, 5.41) is 15.8. The van der Waals surface area contributed by atoms with Gasteiger partial charge in [-0.25, -0.2) is 0 Å². The van der Waals surface area contributed by atoms with E-state index in [2.05, 4.69) is 15.6 Å². The number of benzene rings is 1. The van der Waals surface area contributed by atoms with Crippen LogP contribution in [0, 0.1) is 12.8 Å². The van der Waals surface area contributed by atoms with E-state index in [9.17, 15) is 9.90 Å². The molecule has 2 heterocycles. The maximum absolute atomic E-state index is 12.3. The van der Waals surface area contributed by atoms with Crippen molar-refractivity contribution in [2.75, 3.05) is 19.6 Å². The standard InChI is InChI=1S/C18H21N3O2/c1-12-15(18(23)20-10-14-9-19-11-17(14)22)7-8-16(21-12)13-5-3-2-4-6-13/h2-8,14,17,19,22H,9-11H2,1H3,(H,20,23). The Morgan fingerprint density at radius 3 is 2.70 bits per heavy atom. The summed E-state index contributed by atoms with van der Waals surface area (Å²) in [5.74, 6) is -0.0791. The Kier molecular flexibility index (Phi) is 4.69. The number of aryl methyl sites for hydroxylation is 1. The lowest BCUT2D eigenvalue weighted by atomic mass is 10.1. The average Bonchev–Trinajstić information content (AvgIpc) is 2.98. The summed E-state index contributed by atoms with van der Waals surface area (Å²) in [6.07, 6.45) is -0.394. The quantitative estimate of drug-likeness (QED) is 0.797. The van der Waals surface area contributed by atoms with Crippen LogP contribution in [0.5, 0.6) is 0 Å². The minimum absolute atomic E-state index is 0.0656. The lowest BCUT2D eigenvalue weighted by Crippen LogP contribution is -2.34. The number of aliphatic hydroxyl groups is 1. The SMILES string of the molecule is Cc1nc(-c2ccccc2)ccc1C(=O)NCC1CNCC1O. The van der Waals surface area contributed by atoms with Crippen molar-refractivity contribution in [3.63, 3.8) is 0 Å². The van der Waals surface area contributed by atoms with E-state index in [1.807, 2.05) is 49.4 Å². The second kappa shape index (κ2) is 6.89. The zero-order valence-electron chi connectivity index (χ0n) is 13.1. The summed E-state index contributed by atoms with van der Waals surface area (Å²) in [5.41, 5.74) is 3.16. The first-order chi connectivity index (χ1) is 11.1. The minimum Gasteiger partial charge on any atom is -0.391 e. The van der Waals surface area contributed by atoms with Crippen LogP contribution in [0.4, 0.5) is 0 Å². The van der Waals surface area contributed by atoms with Gasteiger partial charge in [0.2, 0.25) is 0 Å². The zero-order valence-corrected chi connectivity index (χ0v) is 13.1. The van der Waals surface area contributed by atoms with Crippen molar-refractivity contribution in [3.8, 4) is 11.3 Å². The van der Waals surface area contributed by atoms with Gasteiger partial charge < -0.3 is 15.7 Å². The van der Waals surface area contributed by atoms with E-state index in [1.54, 1.807) is 0 Å². The molecule has 1 aliphatic heterocycles. The van der Waals surface area contributed by atoms with Crippen LogP contribution in [-0.2, 0) is 0 Å². The molecule has 0 aliphatic carbocycles. The summed E-state index contributed by atoms with van der Waals surface area (Å²) >= 11 is 0. The average molecular weight is 311 g/mol. The molecular weight excluding hydrogens is 290 g/mol. The molecule has 5 heteroatoms. The fraction of sp³-hybridized carbons (Fsp3) is 0.333. The molecule has 0 radical (unpaired) electrons. The Labute approximate surface area is 135 Å². The molecule has 3 N–H and O–H groups in total. The van der Waals surface area contributed by atoms with Crippen molar-refractivity contribution in [1.82, 2.24) is 15.6 Å². The molecule has 1 fully saturated rings. The number of nitrogens with zero attached hydrogens (tertiary/aromatic N) is 1. The highest BCUT2D eigenvalue weighted by Gasteiger charge is 2.25. The van der Waals surface area contributed by atoms with Gasteiger partial charge >= 0.3 is 0 Å². The highest BCUT2D eigenvalue weighted by molar-refractivity contribution is 5.95. The van der Waals surface area contributed by atoms with Crippen molar-refractivity contribution in [1.29, 1.82) is 0 Å². The number of aliphatic hydroxyl groups excluding tert-OH is 1. The van der Waals surface area contributed by atoms with E-state index in [1.165, 1.54) is 0 Å². The number of amides is 1. The summed E-state index contributed by atoms with van der Waals surface area (Å²) in [7, 11) is 0. The zero-order chi connectivity index (χ0) is 16.2. The van der Waals surface area contributed by atoms with Gasteiger partial charge in [0.05, 0.1) is 23.1 Å². The smallest absolute Gasteiger partial charge is 0.253 e. The van der Waals surface area contributed by atoms with Crippen LogP contribution >= 0.6 is 0 Å². The van der Waals surface area contributed by atoms with Crippen LogP contribution in [0.2, 0.25) is 0 Å². The first-order valence-corrected chi connectivity index (χ1v) is 7.85. The monoisotopic (exact) mass is 311 g/mol. The van der Waals surface area contributed by atoms with Gasteiger partial charge in [-0.15, -0.1) is 0 Å². The first kappa shape index (κ1) is 15.6. The van der Waals surface area contributed by atoms with Crippen LogP contribution in [0.1, 0.15) is 16.1 Å². The van der Waals surface area contributed by atoms with Gasteiger partial charge in [-0.3, -0.25) is 9.78 Å². The number of carbonyl (C=O) groups excluding carboxylic acids is 1. The summed E-state index contributed by atoms with van der Waals surface area (Å²) < 4.78 is 0. The molecule has 2 aromatic rings. The van der Waals surface area contributed by atoms with E-state index < -0.39 is 6.10 Å². The summed E-state index contributed by atoms with van der Waals surface area (Å²) in [6, 6.07) is 13.6. The molecule has 5 nitrogen and oxygen atoms in total. The highest BCUT2D eigenvalue weighted by Crippen LogP contribution is 2.18.